The van der Waals surface area contributed by atoms with Crippen LogP contribution in [0.25, 0.3) is 10.9 Å². The number of pyridine rings is 1. The van der Waals surface area contributed by atoms with Gasteiger partial charge in [-0.2, -0.15) is 0 Å². The highest BCUT2D eigenvalue weighted by molar-refractivity contribution is 6.31. The topological polar surface area (TPSA) is 83.5 Å². The first-order valence-electron chi connectivity index (χ1n) is 11.2. The van der Waals surface area contributed by atoms with Crippen LogP contribution in [0, 0.1) is 5.82 Å². The van der Waals surface area contributed by atoms with Crippen molar-refractivity contribution < 1.29 is 19.0 Å². The van der Waals surface area contributed by atoms with Crippen molar-refractivity contribution in [1.29, 1.82) is 0 Å². The molecule has 9 heteroatoms. The van der Waals surface area contributed by atoms with Crippen molar-refractivity contribution in [1.82, 2.24) is 15.6 Å². The Morgan fingerprint density at radius 1 is 1.09 bits per heavy atom. The Kier molecular flexibility index (Phi) is 8.21. The molecule has 2 aromatic carbocycles. The number of ether oxygens (including phenoxy) is 1. The number of nitrogens with zero attached hydrogens (tertiary/aromatic N) is 1. The SMILES string of the molecule is O=C(N[C@H]1CC[C@@H](NCC(O)COc2ccc(Cl)c(F)c2)CC1)c1ccc2cc(Cl)ccc2n1. The number of carbonyl (C=O) groups is 1. The van der Waals surface area contributed by atoms with Crippen molar-refractivity contribution in [2.75, 3.05) is 13.2 Å². The van der Waals surface area contributed by atoms with E-state index in [-0.39, 0.29) is 29.6 Å². The molecule has 0 bridgehead atoms. The first-order valence-corrected chi connectivity index (χ1v) is 12.0. The Labute approximate surface area is 207 Å². The molecule has 0 radical (unpaired) electrons. The summed E-state index contributed by atoms with van der Waals surface area (Å²) in [5, 5.41) is 18.2. The number of hydrogen-bond acceptors (Lipinski definition) is 5. The smallest absolute Gasteiger partial charge is 0.270 e. The first kappa shape index (κ1) is 24.7. The number of hydrogen-bond donors (Lipinski definition) is 3. The monoisotopic (exact) mass is 505 g/mol. The molecule has 0 spiro atoms. The molecular formula is C25H26Cl2FN3O3. The molecule has 0 saturated heterocycles. The van der Waals surface area contributed by atoms with Crippen LogP contribution in [0.15, 0.2) is 48.5 Å². The lowest BCUT2D eigenvalue weighted by Crippen LogP contribution is -2.44. The van der Waals surface area contributed by atoms with Crippen molar-refractivity contribution in [2.45, 2.75) is 43.9 Å². The lowest BCUT2D eigenvalue weighted by atomic mass is 9.91. The molecule has 3 aromatic rings. The molecule has 3 N–H and O–H groups in total. The normalized spacial score (nSPS) is 19.1. The molecule has 1 fully saturated rings. The Hall–Kier alpha value is -2.45. The van der Waals surface area contributed by atoms with Gasteiger partial charge in [-0.05, 0) is 62.1 Å². The highest BCUT2D eigenvalue weighted by atomic mass is 35.5. The second kappa shape index (κ2) is 11.3. The molecule has 34 heavy (non-hydrogen) atoms. The molecular weight excluding hydrogens is 480 g/mol. The number of carbonyl (C=O) groups excluding carboxylic acids is 1. The van der Waals surface area contributed by atoms with Crippen LogP contribution in [0.1, 0.15) is 36.2 Å². The van der Waals surface area contributed by atoms with Crippen LogP contribution < -0.4 is 15.4 Å². The Morgan fingerprint density at radius 3 is 2.62 bits per heavy atom. The van der Waals surface area contributed by atoms with Gasteiger partial charge in [0.25, 0.3) is 5.91 Å². The van der Waals surface area contributed by atoms with E-state index >= 15 is 0 Å². The maximum atomic E-state index is 13.5. The molecule has 180 valence electrons. The molecule has 1 heterocycles. The van der Waals surface area contributed by atoms with Crippen LogP contribution >= 0.6 is 23.2 Å². The Morgan fingerprint density at radius 2 is 1.85 bits per heavy atom. The average molecular weight is 506 g/mol. The van der Waals surface area contributed by atoms with Crippen LogP contribution in [0.5, 0.6) is 5.75 Å². The minimum atomic E-state index is -0.731. The fourth-order valence-corrected chi connectivity index (χ4v) is 4.34. The largest absolute Gasteiger partial charge is 0.491 e. The van der Waals surface area contributed by atoms with Gasteiger partial charge < -0.3 is 20.5 Å². The summed E-state index contributed by atoms with van der Waals surface area (Å²) in [6, 6.07) is 13.4. The van der Waals surface area contributed by atoms with Gasteiger partial charge in [-0.25, -0.2) is 9.37 Å². The number of nitrogens with one attached hydrogen (secondary N) is 2. The average Bonchev–Trinajstić information content (AvgIpc) is 2.84. The third-order valence-electron chi connectivity index (χ3n) is 5.92. The van der Waals surface area contributed by atoms with E-state index in [9.17, 15) is 14.3 Å². The Balaban J connectivity index is 1.18. The van der Waals surface area contributed by atoms with Crippen molar-refractivity contribution in [3.05, 3.63) is 70.1 Å². The summed E-state index contributed by atoms with van der Waals surface area (Å²) in [7, 11) is 0. The molecule has 1 atom stereocenters. The number of aliphatic hydroxyl groups is 1. The van der Waals surface area contributed by atoms with E-state index in [2.05, 4.69) is 15.6 Å². The van der Waals surface area contributed by atoms with E-state index in [0.29, 0.717) is 23.0 Å². The van der Waals surface area contributed by atoms with E-state index in [1.165, 1.54) is 12.1 Å². The van der Waals surface area contributed by atoms with Gasteiger partial charge in [0.05, 0.1) is 10.5 Å². The highest BCUT2D eigenvalue weighted by Gasteiger charge is 2.23. The summed E-state index contributed by atoms with van der Waals surface area (Å²) in [6.45, 7) is 0.410. The summed E-state index contributed by atoms with van der Waals surface area (Å²) in [6.07, 6.45) is 2.70. The fraction of sp³-hybridized carbons (Fsp3) is 0.360. The molecule has 0 aliphatic heterocycles. The van der Waals surface area contributed by atoms with Gasteiger partial charge in [0.1, 0.15) is 30.0 Å². The molecule has 6 nitrogen and oxygen atoms in total. The van der Waals surface area contributed by atoms with E-state index in [0.717, 1.165) is 36.6 Å². The summed E-state index contributed by atoms with van der Waals surface area (Å²) >= 11 is 11.7. The number of amides is 1. The standard InChI is InChI=1S/C25H26Cl2FN3O3/c26-16-2-10-23-15(11-16)1-9-24(31-23)25(33)30-18-5-3-17(4-6-18)29-13-19(32)14-34-20-7-8-21(27)22(28)12-20/h1-2,7-12,17-19,29,32H,3-6,13-14H2,(H,30,33)/t17-,18+,19?. The third-order valence-corrected chi connectivity index (χ3v) is 6.46. The van der Waals surface area contributed by atoms with Crippen molar-refractivity contribution >= 4 is 40.0 Å². The Bertz CT molecular complexity index is 1160. The maximum Gasteiger partial charge on any atom is 0.270 e. The number of benzene rings is 2. The summed E-state index contributed by atoms with van der Waals surface area (Å²) in [5.74, 6) is -0.418. The molecule has 1 amide bonds. The van der Waals surface area contributed by atoms with Crippen LogP contribution in [0.2, 0.25) is 10.0 Å². The van der Waals surface area contributed by atoms with Crippen LogP contribution in [-0.4, -0.2) is 47.3 Å². The second-order valence-electron chi connectivity index (χ2n) is 8.50. The fourth-order valence-electron chi connectivity index (χ4n) is 4.04. The van der Waals surface area contributed by atoms with Crippen molar-refractivity contribution in [3.63, 3.8) is 0 Å². The molecule has 1 saturated carbocycles. The van der Waals surface area contributed by atoms with Crippen molar-refractivity contribution in [2.24, 2.45) is 0 Å². The predicted molar refractivity (Wildman–Crippen MR) is 131 cm³/mol. The van der Waals surface area contributed by atoms with Crippen LogP contribution in [0.4, 0.5) is 4.39 Å². The first-order chi connectivity index (χ1) is 16.4. The minimum Gasteiger partial charge on any atom is -0.491 e. The predicted octanol–water partition coefficient (Wildman–Crippen LogP) is 4.75. The minimum absolute atomic E-state index is 0.0280. The third kappa shape index (κ3) is 6.57. The van der Waals surface area contributed by atoms with E-state index in [1.807, 2.05) is 12.1 Å². The number of rotatable bonds is 8. The van der Waals surface area contributed by atoms with E-state index in [4.69, 9.17) is 27.9 Å². The van der Waals surface area contributed by atoms with Gasteiger partial charge in [-0.1, -0.05) is 29.3 Å². The maximum absolute atomic E-state index is 13.5. The zero-order valence-electron chi connectivity index (χ0n) is 18.4. The zero-order chi connectivity index (χ0) is 24.1. The van der Waals surface area contributed by atoms with Gasteiger partial charge in [-0.15, -0.1) is 0 Å². The lowest BCUT2D eigenvalue weighted by Gasteiger charge is -2.30. The molecule has 1 unspecified atom stereocenters. The quantitative estimate of drug-likeness (QED) is 0.411. The zero-order valence-corrected chi connectivity index (χ0v) is 20.0. The second-order valence-corrected chi connectivity index (χ2v) is 9.35. The van der Waals surface area contributed by atoms with Gasteiger partial charge in [0, 0.05) is 35.1 Å². The summed E-state index contributed by atoms with van der Waals surface area (Å²) in [4.78, 5) is 17.1. The van der Waals surface area contributed by atoms with Gasteiger partial charge in [0.2, 0.25) is 0 Å². The van der Waals surface area contributed by atoms with Crippen LogP contribution in [-0.2, 0) is 0 Å². The van der Waals surface area contributed by atoms with Crippen molar-refractivity contribution in [3.8, 4) is 5.75 Å². The number of aliphatic hydroxyl groups excluding tert-OH is 1. The van der Waals surface area contributed by atoms with E-state index in [1.54, 1.807) is 24.3 Å². The highest BCUT2D eigenvalue weighted by Crippen LogP contribution is 2.22. The van der Waals surface area contributed by atoms with Gasteiger partial charge in [0.15, 0.2) is 0 Å². The number of halogens is 3. The van der Waals surface area contributed by atoms with Crippen LogP contribution in [0.3, 0.4) is 0 Å². The molecule has 4 rings (SSSR count). The molecule has 1 aliphatic rings. The lowest BCUT2D eigenvalue weighted by molar-refractivity contribution is 0.0910. The number of aromatic nitrogens is 1. The van der Waals surface area contributed by atoms with Gasteiger partial charge in [-0.3, -0.25) is 4.79 Å². The summed E-state index contributed by atoms with van der Waals surface area (Å²) in [5.41, 5.74) is 1.12. The van der Waals surface area contributed by atoms with Gasteiger partial charge >= 0.3 is 0 Å². The molecule has 1 aliphatic carbocycles. The van der Waals surface area contributed by atoms with E-state index < -0.39 is 11.9 Å². The summed E-state index contributed by atoms with van der Waals surface area (Å²) < 4.78 is 18.9. The molecule has 1 aromatic heterocycles. The number of fused-ring (bicyclic) bond motifs is 1.